The van der Waals surface area contributed by atoms with Crippen molar-refractivity contribution >= 4 is 22.6 Å². The van der Waals surface area contributed by atoms with Crippen LogP contribution in [0.15, 0.2) is 55.1 Å². The smallest absolute Gasteiger partial charge is 0.319 e. The van der Waals surface area contributed by atoms with Crippen molar-refractivity contribution in [1.82, 2.24) is 9.88 Å². The number of nitrogens with zero attached hydrogens (tertiary/aromatic N) is 2. The first-order valence-electron chi connectivity index (χ1n) is 12.2. The van der Waals surface area contributed by atoms with Crippen LogP contribution in [0.5, 0.6) is 5.75 Å². The van der Waals surface area contributed by atoms with Crippen molar-refractivity contribution < 1.29 is 14.3 Å². The molecule has 0 atom stereocenters. The molecule has 5 rings (SSSR count). The zero-order valence-electron chi connectivity index (χ0n) is 19.8. The number of hydrogen-bond acceptors (Lipinski definition) is 4. The van der Waals surface area contributed by atoms with Crippen LogP contribution >= 0.6 is 0 Å². The molecule has 1 saturated heterocycles. The Balaban J connectivity index is 1.49. The summed E-state index contributed by atoms with van der Waals surface area (Å²) >= 11 is 0. The second kappa shape index (κ2) is 10.2. The van der Waals surface area contributed by atoms with Crippen LogP contribution in [-0.4, -0.2) is 36.5 Å². The Labute approximate surface area is 205 Å². The predicted octanol–water partition coefficient (Wildman–Crippen LogP) is 5.46. The molecule has 7 heteroatoms. The molecule has 0 unspecified atom stereocenters. The van der Waals surface area contributed by atoms with Crippen LogP contribution in [0.4, 0.5) is 10.5 Å². The number of fused-ring (bicyclic) bond motifs is 1. The summed E-state index contributed by atoms with van der Waals surface area (Å²) in [6.07, 6.45) is 5.99. The van der Waals surface area contributed by atoms with Gasteiger partial charge in [-0.15, -0.1) is 6.58 Å². The maximum Gasteiger partial charge on any atom is 0.319 e. The molecule has 1 aliphatic carbocycles. The highest BCUT2D eigenvalue weighted by atomic mass is 16.5. The second-order valence-electron chi connectivity index (χ2n) is 9.20. The Hall–Kier alpha value is -3.76. The number of rotatable bonds is 8. The van der Waals surface area contributed by atoms with E-state index < -0.39 is 0 Å². The van der Waals surface area contributed by atoms with Gasteiger partial charge in [0.1, 0.15) is 17.9 Å². The van der Waals surface area contributed by atoms with Crippen molar-refractivity contribution in [1.29, 1.82) is 5.26 Å². The standard InChI is InChI=1S/C28H30N4O3/c1-2-13-30-28(33)31-21-7-5-20(6-8-21)27-25(17-29)24-10-9-23(35-22-11-14-34-15-12-22)16-26(24)32(27)18-19-3-4-19/h2,5-10,16,19,22H,1,3-4,11-15,18H2,(H2,30,31,33). The van der Waals surface area contributed by atoms with Crippen LogP contribution in [-0.2, 0) is 11.3 Å². The highest BCUT2D eigenvalue weighted by Gasteiger charge is 2.27. The SMILES string of the molecule is C=CCNC(=O)Nc1ccc(-c2c(C#N)c3ccc(OC4CCOCC4)cc3n2CC2CC2)cc1. The lowest BCUT2D eigenvalue weighted by molar-refractivity contribution is 0.0256. The lowest BCUT2D eigenvalue weighted by Gasteiger charge is -2.23. The predicted molar refractivity (Wildman–Crippen MR) is 137 cm³/mol. The van der Waals surface area contributed by atoms with Crippen molar-refractivity contribution in [2.75, 3.05) is 25.1 Å². The summed E-state index contributed by atoms with van der Waals surface area (Å²) in [6.45, 7) is 6.34. The van der Waals surface area contributed by atoms with E-state index in [4.69, 9.17) is 9.47 Å². The van der Waals surface area contributed by atoms with Crippen molar-refractivity contribution in [3.05, 3.63) is 60.7 Å². The molecule has 2 aromatic carbocycles. The zero-order chi connectivity index (χ0) is 24.2. The van der Waals surface area contributed by atoms with Gasteiger partial charge in [-0.05, 0) is 48.6 Å². The Morgan fingerprint density at radius 3 is 2.63 bits per heavy atom. The van der Waals surface area contributed by atoms with Crippen LogP contribution < -0.4 is 15.4 Å². The lowest BCUT2D eigenvalue weighted by Crippen LogP contribution is -2.28. The molecule has 35 heavy (non-hydrogen) atoms. The van der Waals surface area contributed by atoms with Gasteiger partial charge in [0.25, 0.3) is 0 Å². The molecule has 2 heterocycles. The fourth-order valence-electron chi connectivity index (χ4n) is 4.60. The number of carbonyl (C=O) groups is 1. The van der Waals surface area contributed by atoms with Gasteiger partial charge in [-0.2, -0.15) is 5.26 Å². The molecule has 2 N–H and O–H groups in total. The molecule has 1 aliphatic heterocycles. The number of anilines is 1. The number of urea groups is 1. The molecule has 2 fully saturated rings. The van der Waals surface area contributed by atoms with Crippen molar-refractivity contribution in [2.24, 2.45) is 5.92 Å². The Bertz CT molecular complexity index is 1260. The molecule has 2 aliphatic rings. The van der Waals surface area contributed by atoms with Crippen molar-refractivity contribution in [3.8, 4) is 23.1 Å². The van der Waals surface area contributed by atoms with E-state index in [1.165, 1.54) is 12.8 Å². The third-order valence-electron chi connectivity index (χ3n) is 6.58. The molecule has 0 radical (unpaired) electrons. The molecule has 1 saturated carbocycles. The van der Waals surface area contributed by atoms with Gasteiger partial charge < -0.3 is 24.7 Å². The van der Waals surface area contributed by atoms with Gasteiger partial charge >= 0.3 is 6.03 Å². The summed E-state index contributed by atoms with van der Waals surface area (Å²) in [6, 6.07) is 15.9. The lowest BCUT2D eigenvalue weighted by atomic mass is 10.1. The quantitative estimate of drug-likeness (QED) is 0.428. The number of carbonyl (C=O) groups excluding carboxylic acids is 1. The largest absolute Gasteiger partial charge is 0.490 e. The molecular weight excluding hydrogens is 440 g/mol. The van der Waals surface area contributed by atoms with Crippen LogP contribution in [0.1, 0.15) is 31.2 Å². The summed E-state index contributed by atoms with van der Waals surface area (Å²) in [7, 11) is 0. The molecule has 0 spiro atoms. The van der Waals surface area contributed by atoms with Gasteiger partial charge in [0, 0.05) is 43.1 Å². The van der Waals surface area contributed by atoms with E-state index in [2.05, 4.69) is 33.9 Å². The highest BCUT2D eigenvalue weighted by Crippen LogP contribution is 2.40. The van der Waals surface area contributed by atoms with Crippen LogP contribution in [0.2, 0.25) is 0 Å². The van der Waals surface area contributed by atoms with Crippen LogP contribution in [0.25, 0.3) is 22.2 Å². The second-order valence-corrected chi connectivity index (χ2v) is 9.20. The average Bonchev–Trinajstić information content (AvgIpc) is 3.65. The summed E-state index contributed by atoms with van der Waals surface area (Å²) in [5.74, 6) is 1.46. The normalized spacial score (nSPS) is 16.0. The van der Waals surface area contributed by atoms with E-state index in [9.17, 15) is 10.1 Å². The van der Waals surface area contributed by atoms with Gasteiger partial charge in [0.15, 0.2) is 0 Å². The number of nitriles is 1. The summed E-state index contributed by atoms with van der Waals surface area (Å²) in [5, 5.41) is 16.6. The van der Waals surface area contributed by atoms with Gasteiger partial charge in [-0.1, -0.05) is 18.2 Å². The highest BCUT2D eigenvalue weighted by molar-refractivity contribution is 5.96. The fraction of sp³-hybridized carbons (Fsp3) is 0.357. The first-order chi connectivity index (χ1) is 17.2. The number of hydrogen-bond donors (Lipinski definition) is 2. The number of benzene rings is 2. The Morgan fingerprint density at radius 2 is 1.94 bits per heavy atom. The first kappa shape index (κ1) is 23.0. The molecule has 2 amide bonds. The number of amides is 2. The molecule has 0 bridgehead atoms. The van der Waals surface area contributed by atoms with E-state index in [1.807, 2.05) is 36.4 Å². The van der Waals surface area contributed by atoms with E-state index >= 15 is 0 Å². The molecular formula is C28H30N4O3. The fourth-order valence-corrected chi connectivity index (χ4v) is 4.60. The van der Waals surface area contributed by atoms with Crippen molar-refractivity contribution in [3.63, 3.8) is 0 Å². The van der Waals surface area contributed by atoms with E-state index in [-0.39, 0.29) is 12.1 Å². The molecule has 1 aromatic heterocycles. The summed E-state index contributed by atoms with van der Waals surface area (Å²) in [4.78, 5) is 12.0. The summed E-state index contributed by atoms with van der Waals surface area (Å²) in [5.41, 5.74) is 4.25. The Morgan fingerprint density at radius 1 is 1.17 bits per heavy atom. The monoisotopic (exact) mass is 470 g/mol. The summed E-state index contributed by atoms with van der Waals surface area (Å²) < 4.78 is 14.0. The maximum absolute atomic E-state index is 12.0. The van der Waals surface area contributed by atoms with Crippen LogP contribution in [0, 0.1) is 17.2 Å². The third kappa shape index (κ3) is 5.18. The van der Waals surface area contributed by atoms with Gasteiger partial charge in [-0.3, -0.25) is 0 Å². The van der Waals surface area contributed by atoms with E-state index in [0.717, 1.165) is 60.5 Å². The van der Waals surface area contributed by atoms with E-state index in [0.29, 0.717) is 23.7 Å². The first-order valence-corrected chi connectivity index (χ1v) is 12.2. The zero-order valence-corrected chi connectivity index (χ0v) is 19.8. The number of nitrogens with one attached hydrogen (secondary N) is 2. The molecule has 7 nitrogen and oxygen atoms in total. The van der Waals surface area contributed by atoms with Gasteiger partial charge in [-0.25, -0.2) is 4.79 Å². The number of aromatic nitrogens is 1. The maximum atomic E-state index is 12.0. The molecule has 180 valence electrons. The molecule has 3 aromatic rings. The third-order valence-corrected chi connectivity index (χ3v) is 6.58. The minimum Gasteiger partial charge on any atom is -0.490 e. The average molecular weight is 471 g/mol. The van der Waals surface area contributed by atoms with Gasteiger partial charge in [0.05, 0.1) is 30.0 Å². The minimum absolute atomic E-state index is 0.159. The Kier molecular flexibility index (Phi) is 6.73. The van der Waals surface area contributed by atoms with Gasteiger partial charge in [0.2, 0.25) is 0 Å². The van der Waals surface area contributed by atoms with E-state index in [1.54, 1.807) is 6.08 Å². The van der Waals surface area contributed by atoms with Crippen molar-refractivity contribution in [2.45, 2.75) is 38.3 Å². The number of ether oxygens (including phenoxy) is 2. The minimum atomic E-state index is -0.282. The topological polar surface area (TPSA) is 88.3 Å². The van der Waals surface area contributed by atoms with Crippen LogP contribution in [0.3, 0.4) is 0 Å².